The molecule has 0 fully saturated rings. The van der Waals surface area contributed by atoms with E-state index in [-0.39, 0.29) is 0 Å². The van der Waals surface area contributed by atoms with Crippen LogP contribution in [0.2, 0.25) is 0 Å². The molecule has 0 saturated carbocycles. The Bertz CT molecular complexity index is 292. The van der Waals surface area contributed by atoms with Crippen LogP contribution in [0.25, 0.3) is 0 Å². The van der Waals surface area contributed by atoms with Crippen LogP contribution in [0.1, 0.15) is 46.1 Å². The summed E-state index contributed by atoms with van der Waals surface area (Å²) in [6, 6.07) is 12.0. The van der Waals surface area contributed by atoms with Gasteiger partial charge in [-0.15, -0.1) is 0 Å². The van der Waals surface area contributed by atoms with Crippen LogP contribution in [0.3, 0.4) is 0 Å². The van der Waals surface area contributed by atoms with Gasteiger partial charge in [0.25, 0.3) is 0 Å². The van der Waals surface area contributed by atoms with E-state index in [1.54, 1.807) is 0 Å². The highest BCUT2D eigenvalue weighted by atomic mass is 14.9. The number of nitrogens with one attached hydrogen (secondary N) is 1. The highest BCUT2D eigenvalue weighted by Crippen LogP contribution is 2.11. The fourth-order valence-corrected chi connectivity index (χ4v) is 2.30. The highest BCUT2D eigenvalue weighted by molar-refractivity contribution is 5.15. The van der Waals surface area contributed by atoms with Crippen LogP contribution >= 0.6 is 0 Å². The molecule has 2 unspecified atom stereocenters. The molecule has 0 bridgehead atoms. The molecule has 0 aliphatic rings. The van der Waals surface area contributed by atoms with E-state index in [0.717, 1.165) is 6.42 Å². The lowest BCUT2D eigenvalue weighted by atomic mass is 9.97. The topological polar surface area (TPSA) is 12.0 Å². The number of rotatable bonds is 7. The third kappa shape index (κ3) is 4.91. The van der Waals surface area contributed by atoms with E-state index in [9.17, 15) is 0 Å². The van der Waals surface area contributed by atoms with Gasteiger partial charge >= 0.3 is 0 Å². The summed E-state index contributed by atoms with van der Waals surface area (Å²) in [5.41, 5.74) is 1.44. The molecule has 1 heteroatoms. The van der Waals surface area contributed by atoms with Crippen LogP contribution in [0.4, 0.5) is 0 Å². The average molecular weight is 233 g/mol. The number of hydrogen-bond acceptors (Lipinski definition) is 1. The maximum absolute atomic E-state index is 3.80. The Kier molecular flexibility index (Phi) is 6.28. The second-order valence-electron chi connectivity index (χ2n) is 5.22. The van der Waals surface area contributed by atoms with E-state index in [0.29, 0.717) is 18.0 Å². The zero-order valence-corrected chi connectivity index (χ0v) is 11.7. The van der Waals surface area contributed by atoms with Crippen molar-refractivity contribution in [3.8, 4) is 0 Å². The molecule has 0 saturated heterocycles. The Morgan fingerprint density at radius 1 is 1.00 bits per heavy atom. The smallest absolute Gasteiger partial charge is 0.0107 e. The molecule has 17 heavy (non-hydrogen) atoms. The molecule has 0 radical (unpaired) electrons. The molecule has 0 aliphatic carbocycles. The van der Waals surface area contributed by atoms with Crippen molar-refractivity contribution in [1.29, 1.82) is 0 Å². The third-order valence-corrected chi connectivity index (χ3v) is 3.51. The molecule has 1 N–H and O–H groups in total. The standard InChI is InChI=1S/C16H27N/c1-5-15(17-16(6-2)13(3)4)12-14-10-8-7-9-11-14/h7-11,13,15-17H,5-6,12H2,1-4H3. The Morgan fingerprint density at radius 3 is 2.12 bits per heavy atom. The van der Waals surface area contributed by atoms with Gasteiger partial charge in [-0.05, 0) is 30.7 Å². The van der Waals surface area contributed by atoms with Gasteiger partial charge in [0.2, 0.25) is 0 Å². The first-order valence-electron chi connectivity index (χ1n) is 6.97. The monoisotopic (exact) mass is 233 g/mol. The van der Waals surface area contributed by atoms with Gasteiger partial charge in [-0.2, -0.15) is 0 Å². The summed E-state index contributed by atoms with van der Waals surface area (Å²) in [6.45, 7) is 9.15. The third-order valence-electron chi connectivity index (χ3n) is 3.51. The quantitative estimate of drug-likeness (QED) is 0.749. The molecule has 0 heterocycles. The number of benzene rings is 1. The van der Waals surface area contributed by atoms with Crippen LogP contribution in [0.5, 0.6) is 0 Å². The van der Waals surface area contributed by atoms with Crippen LogP contribution < -0.4 is 5.32 Å². The van der Waals surface area contributed by atoms with Crippen molar-refractivity contribution in [2.24, 2.45) is 5.92 Å². The van der Waals surface area contributed by atoms with E-state index in [1.807, 2.05) is 0 Å². The van der Waals surface area contributed by atoms with E-state index in [2.05, 4.69) is 63.3 Å². The summed E-state index contributed by atoms with van der Waals surface area (Å²) in [5.74, 6) is 0.713. The summed E-state index contributed by atoms with van der Waals surface area (Å²) in [5, 5.41) is 3.80. The van der Waals surface area contributed by atoms with Crippen molar-refractivity contribution < 1.29 is 0 Å². The molecule has 1 aromatic rings. The summed E-state index contributed by atoms with van der Waals surface area (Å²) < 4.78 is 0. The zero-order chi connectivity index (χ0) is 12.7. The molecule has 0 spiro atoms. The Labute approximate surface area is 107 Å². The lowest BCUT2D eigenvalue weighted by molar-refractivity contribution is 0.335. The predicted octanol–water partition coefficient (Wildman–Crippen LogP) is 4.03. The molecular formula is C16H27N. The minimum atomic E-state index is 0.602. The molecule has 0 aromatic heterocycles. The Morgan fingerprint density at radius 2 is 1.65 bits per heavy atom. The maximum Gasteiger partial charge on any atom is 0.0107 e. The first-order chi connectivity index (χ1) is 8.17. The van der Waals surface area contributed by atoms with Gasteiger partial charge in [-0.3, -0.25) is 0 Å². The Balaban J connectivity index is 2.54. The minimum Gasteiger partial charge on any atom is -0.311 e. The molecule has 1 rings (SSSR count). The second-order valence-corrected chi connectivity index (χ2v) is 5.22. The van der Waals surface area contributed by atoms with Crippen molar-refractivity contribution in [1.82, 2.24) is 5.32 Å². The van der Waals surface area contributed by atoms with Crippen molar-refractivity contribution >= 4 is 0 Å². The second kappa shape index (κ2) is 7.50. The molecule has 1 aromatic carbocycles. The maximum atomic E-state index is 3.80. The SMILES string of the molecule is CCC(Cc1ccccc1)NC(CC)C(C)C. The number of hydrogen-bond donors (Lipinski definition) is 1. The van der Waals surface area contributed by atoms with Gasteiger partial charge in [0.05, 0.1) is 0 Å². The first kappa shape index (κ1) is 14.2. The fraction of sp³-hybridized carbons (Fsp3) is 0.625. The lowest BCUT2D eigenvalue weighted by Gasteiger charge is -2.27. The van der Waals surface area contributed by atoms with Gasteiger partial charge in [-0.1, -0.05) is 58.0 Å². The van der Waals surface area contributed by atoms with E-state index >= 15 is 0 Å². The van der Waals surface area contributed by atoms with Gasteiger partial charge in [0.15, 0.2) is 0 Å². The fourth-order valence-electron chi connectivity index (χ4n) is 2.30. The molecule has 0 amide bonds. The molecule has 1 nitrogen and oxygen atoms in total. The van der Waals surface area contributed by atoms with Crippen LogP contribution in [0.15, 0.2) is 30.3 Å². The summed E-state index contributed by atoms with van der Waals surface area (Å²) in [7, 11) is 0. The van der Waals surface area contributed by atoms with Crippen LogP contribution in [-0.4, -0.2) is 12.1 Å². The zero-order valence-electron chi connectivity index (χ0n) is 11.7. The predicted molar refractivity (Wildman–Crippen MR) is 76.3 cm³/mol. The van der Waals surface area contributed by atoms with E-state index in [1.165, 1.54) is 18.4 Å². The van der Waals surface area contributed by atoms with E-state index in [4.69, 9.17) is 0 Å². The van der Waals surface area contributed by atoms with Gasteiger partial charge < -0.3 is 5.32 Å². The molecule has 0 aliphatic heterocycles. The van der Waals surface area contributed by atoms with E-state index < -0.39 is 0 Å². The van der Waals surface area contributed by atoms with Crippen molar-refractivity contribution in [2.75, 3.05) is 0 Å². The van der Waals surface area contributed by atoms with Crippen LogP contribution in [-0.2, 0) is 6.42 Å². The first-order valence-corrected chi connectivity index (χ1v) is 6.97. The van der Waals surface area contributed by atoms with Crippen LogP contribution in [0, 0.1) is 5.92 Å². The van der Waals surface area contributed by atoms with Gasteiger partial charge in [0.1, 0.15) is 0 Å². The minimum absolute atomic E-state index is 0.602. The summed E-state index contributed by atoms with van der Waals surface area (Å²) in [4.78, 5) is 0. The lowest BCUT2D eigenvalue weighted by Crippen LogP contribution is -2.41. The largest absolute Gasteiger partial charge is 0.311 e. The molecular weight excluding hydrogens is 206 g/mol. The Hall–Kier alpha value is -0.820. The van der Waals surface area contributed by atoms with Gasteiger partial charge in [0, 0.05) is 12.1 Å². The average Bonchev–Trinajstić information content (AvgIpc) is 2.35. The van der Waals surface area contributed by atoms with Crippen molar-refractivity contribution in [2.45, 2.75) is 59.0 Å². The highest BCUT2D eigenvalue weighted by Gasteiger charge is 2.15. The molecule has 2 atom stereocenters. The van der Waals surface area contributed by atoms with Gasteiger partial charge in [-0.25, -0.2) is 0 Å². The van der Waals surface area contributed by atoms with Crippen molar-refractivity contribution in [3.05, 3.63) is 35.9 Å². The summed E-state index contributed by atoms with van der Waals surface area (Å²) in [6.07, 6.45) is 3.54. The molecule has 96 valence electrons. The normalized spacial score (nSPS) is 14.9. The van der Waals surface area contributed by atoms with Crippen molar-refractivity contribution in [3.63, 3.8) is 0 Å². The summed E-state index contributed by atoms with van der Waals surface area (Å²) >= 11 is 0.